The third-order valence-electron chi connectivity index (χ3n) is 4.94. The molecule has 0 aliphatic heterocycles. The van der Waals surface area contributed by atoms with Crippen molar-refractivity contribution in [2.24, 2.45) is 0 Å². The summed E-state index contributed by atoms with van der Waals surface area (Å²) in [6.45, 7) is 4.79. The van der Waals surface area contributed by atoms with Crippen LogP contribution in [0, 0.1) is 13.8 Å². The molecule has 4 heterocycles. The highest BCUT2D eigenvalue weighted by Gasteiger charge is 2.07. The van der Waals surface area contributed by atoms with E-state index in [1.807, 2.05) is 38.1 Å². The zero-order valence-corrected chi connectivity index (χ0v) is 18.6. The normalized spacial score (nSPS) is 11.0. The highest BCUT2D eigenvalue weighted by molar-refractivity contribution is 5.92. The molecular formula is C24H25N7O2. The quantitative estimate of drug-likeness (QED) is 0.358. The summed E-state index contributed by atoms with van der Waals surface area (Å²) in [6.07, 6.45) is 4.10. The molecule has 2 amide bonds. The second-order valence-corrected chi connectivity index (χ2v) is 7.84. The molecule has 33 heavy (non-hydrogen) atoms. The van der Waals surface area contributed by atoms with Crippen LogP contribution in [0.5, 0.6) is 0 Å². The lowest BCUT2D eigenvalue weighted by molar-refractivity contribution is -0.116. The number of pyridine rings is 4. The lowest BCUT2D eigenvalue weighted by Gasteiger charge is -2.08. The number of fused-ring (bicyclic) bond motifs is 2. The number of hydrogen-bond donors (Lipinski definition) is 3. The molecule has 0 spiro atoms. The molecule has 3 N–H and O–H groups in total. The van der Waals surface area contributed by atoms with Crippen LogP contribution in [0.2, 0.25) is 0 Å². The number of carbonyl (C=O) groups excluding carboxylic acids is 2. The molecule has 4 aromatic heterocycles. The number of nitrogens with zero attached hydrogens (tertiary/aromatic N) is 4. The number of hydrogen-bond acceptors (Lipinski definition) is 7. The first-order chi connectivity index (χ1) is 16.0. The van der Waals surface area contributed by atoms with Crippen molar-refractivity contribution in [2.75, 3.05) is 23.7 Å². The molecule has 9 nitrogen and oxygen atoms in total. The van der Waals surface area contributed by atoms with E-state index in [9.17, 15) is 9.59 Å². The van der Waals surface area contributed by atoms with Crippen LogP contribution in [-0.2, 0) is 9.59 Å². The van der Waals surface area contributed by atoms with E-state index in [0.29, 0.717) is 24.7 Å². The van der Waals surface area contributed by atoms with Crippen LogP contribution in [0.1, 0.15) is 24.0 Å². The Morgan fingerprint density at radius 2 is 1.15 bits per heavy atom. The minimum Gasteiger partial charge on any atom is -0.316 e. The number of rotatable bonds is 8. The van der Waals surface area contributed by atoms with Crippen molar-refractivity contribution in [3.05, 3.63) is 59.9 Å². The summed E-state index contributed by atoms with van der Waals surface area (Å²) in [4.78, 5) is 41.8. The number of nitrogens with one attached hydrogen (secondary N) is 3. The van der Waals surface area contributed by atoms with Gasteiger partial charge < -0.3 is 16.0 Å². The van der Waals surface area contributed by atoms with E-state index in [4.69, 9.17) is 0 Å². The van der Waals surface area contributed by atoms with Crippen molar-refractivity contribution in [1.82, 2.24) is 25.3 Å². The molecule has 0 fully saturated rings. The average molecular weight is 444 g/mol. The molecule has 4 rings (SSSR count). The van der Waals surface area contributed by atoms with E-state index in [1.54, 1.807) is 24.5 Å². The SMILES string of the molecule is Cc1cnc2ccc(NC(=O)CCNCCC(=O)Nc3ccc4ncc(C)cc4n3)nc2c1. The van der Waals surface area contributed by atoms with Gasteiger partial charge in [-0.05, 0) is 61.4 Å². The third-order valence-corrected chi connectivity index (χ3v) is 4.94. The lowest BCUT2D eigenvalue weighted by Crippen LogP contribution is -2.25. The molecule has 0 aliphatic carbocycles. The number of anilines is 2. The second-order valence-electron chi connectivity index (χ2n) is 7.84. The minimum atomic E-state index is -0.149. The Morgan fingerprint density at radius 1 is 0.697 bits per heavy atom. The molecule has 0 aromatic carbocycles. The Hall–Kier alpha value is -3.98. The van der Waals surface area contributed by atoms with Gasteiger partial charge in [0.2, 0.25) is 11.8 Å². The van der Waals surface area contributed by atoms with Crippen LogP contribution in [0.25, 0.3) is 22.1 Å². The van der Waals surface area contributed by atoms with Crippen molar-refractivity contribution in [3.8, 4) is 0 Å². The van der Waals surface area contributed by atoms with E-state index < -0.39 is 0 Å². The maximum atomic E-state index is 12.2. The first kappa shape index (κ1) is 22.2. The van der Waals surface area contributed by atoms with Gasteiger partial charge in [-0.15, -0.1) is 0 Å². The molecule has 0 atom stereocenters. The van der Waals surface area contributed by atoms with Gasteiger partial charge in [0, 0.05) is 38.3 Å². The summed E-state index contributed by atoms with van der Waals surface area (Å²) < 4.78 is 0. The van der Waals surface area contributed by atoms with Gasteiger partial charge in [0.05, 0.1) is 22.1 Å². The van der Waals surface area contributed by atoms with Crippen LogP contribution >= 0.6 is 0 Å². The maximum absolute atomic E-state index is 12.2. The summed E-state index contributed by atoms with van der Waals surface area (Å²) in [5, 5.41) is 8.70. The van der Waals surface area contributed by atoms with Gasteiger partial charge in [-0.25, -0.2) is 9.97 Å². The van der Waals surface area contributed by atoms with Crippen molar-refractivity contribution < 1.29 is 9.59 Å². The van der Waals surface area contributed by atoms with Crippen LogP contribution in [0.4, 0.5) is 11.6 Å². The Labute approximate surface area is 191 Å². The number of amides is 2. The molecule has 0 aliphatic rings. The fourth-order valence-electron chi connectivity index (χ4n) is 3.29. The zero-order valence-electron chi connectivity index (χ0n) is 18.6. The summed E-state index contributed by atoms with van der Waals surface area (Å²) in [7, 11) is 0. The summed E-state index contributed by atoms with van der Waals surface area (Å²) in [5.41, 5.74) is 5.06. The van der Waals surface area contributed by atoms with Crippen LogP contribution in [0.3, 0.4) is 0 Å². The molecule has 9 heteroatoms. The Morgan fingerprint density at radius 3 is 1.61 bits per heavy atom. The fraction of sp³-hybridized carbons (Fsp3) is 0.250. The number of aromatic nitrogens is 4. The van der Waals surface area contributed by atoms with Crippen LogP contribution in [-0.4, -0.2) is 44.8 Å². The van der Waals surface area contributed by atoms with Gasteiger partial charge in [-0.1, -0.05) is 0 Å². The molecule has 0 saturated heterocycles. The number of carbonyl (C=O) groups is 2. The molecule has 4 aromatic rings. The molecule has 0 unspecified atom stereocenters. The highest BCUT2D eigenvalue weighted by Crippen LogP contribution is 2.15. The predicted octanol–water partition coefficient (Wildman–Crippen LogP) is 3.14. The first-order valence-corrected chi connectivity index (χ1v) is 10.7. The van der Waals surface area contributed by atoms with E-state index in [2.05, 4.69) is 35.9 Å². The highest BCUT2D eigenvalue weighted by atomic mass is 16.2. The lowest BCUT2D eigenvalue weighted by atomic mass is 10.2. The summed E-state index contributed by atoms with van der Waals surface area (Å²) in [5.74, 6) is 0.687. The van der Waals surface area contributed by atoms with Gasteiger partial charge in [-0.3, -0.25) is 19.6 Å². The van der Waals surface area contributed by atoms with Crippen molar-refractivity contribution in [3.63, 3.8) is 0 Å². The van der Waals surface area contributed by atoms with E-state index in [0.717, 1.165) is 33.2 Å². The smallest absolute Gasteiger partial charge is 0.226 e. The van der Waals surface area contributed by atoms with Gasteiger partial charge >= 0.3 is 0 Å². The van der Waals surface area contributed by atoms with Crippen LogP contribution < -0.4 is 16.0 Å². The maximum Gasteiger partial charge on any atom is 0.226 e. The van der Waals surface area contributed by atoms with Gasteiger partial charge in [-0.2, -0.15) is 0 Å². The van der Waals surface area contributed by atoms with Gasteiger partial charge in [0.25, 0.3) is 0 Å². The minimum absolute atomic E-state index is 0.149. The predicted molar refractivity (Wildman–Crippen MR) is 128 cm³/mol. The largest absolute Gasteiger partial charge is 0.316 e. The summed E-state index contributed by atoms with van der Waals surface area (Å²) >= 11 is 0. The van der Waals surface area contributed by atoms with Crippen LogP contribution in [0.15, 0.2) is 48.8 Å². The van der Waals surface area contributed by atoms with E-state index in [1.165, 1.54) is 0 Å². The van der Waals surface area contributed by atoms with Crippen molar-refractivity contribution in [1.29, 1.82) is 0 Å². The van der Waals surface area contributed by atoms with Gasteiger partial charge in [0.1, 0.15) is 11.6 Å². The van der Waals surface area contributed by atoms with E-state index in [-0.39, 0.29) is 24.7 Å². The fourth-order valence-corrected chi connectivity index (χ4v) is 3.29. The van der Waals surface area contributed by atoms with E-state index >= 15 is 0 Å². The molecular weight excluding hydrogens is 418 g/mol. The third kappa shape index (κ3) is 6.05. The molecule has 168 valence electrons. The first-order valence-electron chi connectivity index (χ1n) is 10.7. The molecule has 0 bridgehead atoms. The standard InChI is InChI=1S/C24H25N7O2/c1-15-11-19-17(26-13-15)3-5-21(28-19)30-23(32)7-9-25-10-8-24(33)31-22-6-4-18-20(29-22)12-16(2)14-27-18/h3-6,11-14,25H,7-10H2,1-2H3,(H,28,30,32)(H,29,31,33). The Bertz CT molecular complexity index is 1220. The average Bonchev–Trinajstić information content (AvgIpc) is 2.78. The monoisotopic (exact) mass is 443 g/mol. The topological polar surface area (TPSA) is 122 Å². The molecule has 0 saturated carbocycles. The van der Waals surface area contributed by atoms with Crippen molar-refractivity contribution in [2.45, 2.75) is 26.7 Å². The van der Waals surface area contributed by atoms with Gasteiger partial charge in [0.15, 0.2) is 0 Å². The Balaban J connectivity index is 1.18. The Kier molecular flexibility index (Phi) is 6.80. The van der Waals surface area contributed by atoms with Crippen molar-refractivity contribution >= 4 is 45.5 Å². The second kappa shape index (κ2) is 10.1. The molecule has 0 radical (unpaired) electrons. The zero-order chi connectivity index (χ0) is 23.2. The summed E-state index contributed by atoms with van der Waals surface area (Å²) in [6, 6.07) is 11.0. The number of aryl methyl sites for hydroxylation is 2.